The minimum absolute atomic E-state index is 0.111. The van der Waals surface area contributed by atoms with Crippen LogP contribution in [0.15, 0.2) is 12.6 Å². The third-order valence-electron chi connectivity index (χ3n) is 3.19. The number of ketones is 2. The van der Waals surface area contributed by atoms with Gasteiger partial charge in [-0.3, -0.25) is 9.59 Å². The van der Waals surface area contributed by atoms with Crippen molar-refractivity contribution < 1.29 is 19.1 Å². The van der Waals surface area contributed by atoms with E-state index in [9.17, 15) is 14.4 Å². The van der Waals surface area contributed by atoms with Gasteiger partial charge in [0, 0.05) is 16.7 Å². The van der Waals surface area contributed by atoms with Gasteiger partial charge < -0.3 is 4.74 Å². The minimum atomic E-state index is -0.511. The quantitative estimate of drug-likeness (QED) is 0.502. The van der Waals surface area contributed by atoms with Gasteiger partial charge in [0.25, 0.3) is 0 Å². The van der Waals surface area contributed by atoms with E-state index >= 15 is 0 Å². The van der Waals surface area contributed by atoms with E-state index in [1.54, 1.807) is 6.92 Å². The summed E-state index contributed by atoms with van der Waals surface area (Å²) in [7, 11) is 0. The Balaban J connectivity index is 2.42. The van der Waals surface area contributed by atoms with Crippen molar-refractivity contribution in [2.75, 3.05) is 0 Å². The molecule has 0 spiro atoms. The van der Waals surface area contributed by atoms with Crippen LogP contribution in [0.4, 0.5) is 0 Å². The zero-order chi connectivity index (χ0) is 12.3. The number of benzene rings is 1. The molecule has 0 atom stereocenters. The monoisotopic (exact) mass is 228 g/mol. The Hall–Kier alpha value is -2.23. The molecule has 0 amide bonds. The van der Waals surface area contributed by atoms with E-state index in [0.717, 1.165) is 0 Å². The first-order chi connectivity index (χ1) is 8.00. The van der Waals surface area contributed by atoms with Crippen molar-refractivity contribution >= 4 is 23.3 Å². The van der Waals surface area contributed by atoms with Crippen LogP contribution >= 0.6 is 0 Å². The van der Waals surface area contributed by atoms with Gasteiger partial charge in [-0.25, -0.2) is 4.79 Å². The average Bonchev–Trinajstić information content (AvgIpc) is 2.68. The van der Waals surface area contributed by atoms with Gasteiger partial charge in [0.1, 0.15) is 5.76 Å². The van der Waals surface area contributed by atoms with Crippen molar-refractivity contribution in [1.82, 2.24) is 0 Å². The lowest BCUT2D eigenvalue weighted by atomic mass is 9.94. The van der Waals surface area contributed by atoms with Crippen LogP contribution in [-0.4, -0.2) is 17.5 Å². The maximum absolute atomic E-state index is 11.7. The van der Waals surface area contributed by atoms with Gasteiger partial charge in [0.15, 0.2) is 11.6 Å². The Morgan fingerprint density at radius 1 is 1.12 bits per heavy atom. The molecule has 0 bridgehead atoms. The molecule has 0 aromatic heterocycles. The number of hydrogen-bond acceptors (Lipinski definition) is 4. The summed E-state index contributed by atoms with van der Waals surface area (Å²) in [5, 5.41) is 0. The number of carbonyl (C=O) groups is 3. The summed E-state index contributed by atoms with van der Waals surface area (Å²) >= 11 is 0. The van der Waals surface area contributed by atoms with E-state index in [1.165, 1.54) is 6.07 Å². The van der Waals surface area contributed by atoms with Crippen LogP contribution in [-0.2, 0) is 4.74 Å². The van der Waals surface area contributed by atoms with Crippen molar-refractivity contribution in [3.8, 4) is 0 Å². The van der Waals surface area contributed by atoms with Crippen LogP contribution in [0.25, 0.3) is 5.76 Å². The number of hydrogen-bond donors (Lipinski definition) is 0. The highest BCUT2D eigenvalue weighted by Crippen LogP contribution is 2.37. The van der Waals surface area contributed by atoms with E-state index in [2.05, 4.69) is 6.58 Å². The fraction of sp³-hybridized carbons (Fsp3) is 0.154. The first kappa shape index (κ1) is 9.96. The molecule has 1 heterocycles. The first-order valence-corrected chi connectivity index (χ1v) is 5.16. The SMILES string of the molecule is C=C1OC(=O)c2cc3c(c(C)c21)C(=O)CC3=O. The Bertz CT molecular complexity index is 585. The zero-order valence-electron chi connectivity index (χ0n) is 9.12. The molecule has 0 N–H and O–H groups in total. The molecule has 17 heavy (non-hydrogen) atoms. The predicted octanol–water partition coefficient (Wildman–Crippen LogP) is 1.91. The molecule has 4 heteroatoms. The number of carbonyl (C=O) groups excluding carboxylic acids is 3. The van der Waals surface area contributed by atoms with Gasteiger partial charge in [0.2, 0.25) is 0 Å². The van der Waals surface area contributed by atoms with Crippen molar-refractivity contribution in [1.29, 1.82) is 0 Å². The molecule has 1 aliphatic heterocycles. The lowest BCUT2D eigenvalue weighted by molar-refractivity contribution is 0.0716. The molecular formula is C13H8O4. The van der Waals surface area contributed by atoms with Gasteiger partial charge in [-0.05, 0) is 18.6 Å². The predicted molar refractivity (Wildman–Crippen MR) is 58.9 cm³/mol. The van der Waals surface area contributed by atoms with Crippen molar-refractivity contribution in [3.63, 3.8) is 0 Å². The number of Topliss-reactive ketones (excluding diaryl/α,β-unsaturated/α-hetero) is 2. The summed E-state index contributed by atoms with van der Waals surface area (Å²) in [6.45, 7) is 5.35. The number of rotatable bonds is 0. The highest BCUT2D eigenvalue weighted by Gasteiger charge is 2.36. The number of cyclic esters (lactones) is 1. The van der Waals surface area contributed by atoms with Gasteiger partial charge in [-0.15, -0.1) is 0 Å². The average molecular weight is 228 g/mol. The molecule has 1 aliphatic carbocycles. The maximum Gasteiger partial charge on any atom is 0.344 e. The fourth-order valence-corrected chi connectivity index (χ4v) is 2.46. The summed E-state index contributed by atoms with van der Waals surface area (Å²) < 4.78 is 4.91. The van der Waals surface area contributed by atoms with Gasteiger partial charge >= 0.3 is 5.97 Å². The van der Waals surface area contributed by atoms with Crippen molar-refractivity contribution in [3.05, 3.63) is 40.5 Å². The third-order valence-corrected chi connectivity index (χ3v) is 3.19. The van der Waals surface area contributed by atoms with E-state index in [-0.39, 0.29) is 23.7 Å². The standard InChI is InChI=1S/C13H8O4/c1-5-11-6(2)17-13(16)8(11)3-7-9(14)4-10(15)12(5)7/h3H,2,4H2,1H3. The van der Waals surface area contributed by atoms with Crippen molar-refractivity contribution in [2.45, 2.75) is 13.3 Å². The number of esters is 1. The molecule has 0 fully saturated rings. The topological polar surface area (TPSA) is 60.4 Å². The maximum atomic E-state index is 11.7. The van der Waals surface area contributed by atoms with Crippen LogP contribution in [0.1, 0.15) is 48.6 Å². The van der Waals surface area contributed by atoms with Crippen LogP contribution < -0.4 is 0 Å². The van der Waals surface area contributed by atoms with Crippen LogP contribution in [0.2, 0.25) is 0 Å². The smallest absolute Gasteiger partial charge is 0.344 e. The molecular weight excluding hydrogens is 220 g/mol. The summed E-state index contributed by atoms with van der Waals surface area (Å²) in [5.41, 5.74) is 2.24. The van der Waals surface area contributed by atoms with E-state index < -0.39 is 5.97 Å². The molecule has 0 saturated heterocycles. The Morgan fingerprint density at radius 2 is 1.82 bits per heavy atom. The van der Waals surface area contributed by atoms with E-state index in [0.29, 0.717) is 27.8 Å². The van der Waals surface area contributed by atoms with Gasteiger partial charge in [-0.1, -0.05) is 6.58 Å². The Kier molecular flexibility index (Phi) is 1.71. The molecule has 0 saturated carbocycles. The Labute approximate surface area is 96.9 Å². The second kappa shape index (κ2) is 2.91. The van der Waals surface area contributed by atoms with Crippen LogP contribution in [0, 0.1) is 6.92 Å². The molecule has 2 aliphatic rings. The molecule has 1 aromatic carbocycles. The zero-order valence-corrected chi connectivity index (χ0v) is 9.12. The molecule has 1 aromatic rings. The van der Waals surface area contributed by atoms with Gasteiger partial charge in [-0.2, -0.15) is 0 Å². The second-order valence-electron chi connectivity index (χ2n) is 4.18. The summed E-state index contributed by atoms with van der Waals surface area (Å²) in [6, 6.07) is 1.45. The summed E-state index contributed by atoms with van der Waals surface area (Å²) in [5.74, 6) is -0.695. The number of ether oxygens (including phenoxy) is 1. The lowest BCUT2D eigenvalue weighted by Crippen LogP contribution is -2.02. The molecule has 4 nitrogen and oxygen atoms in total. The second-order valence-corrected chi connectivity index (χ2v) is 4.18. The first-order valence-electron chi connectivity index (χ1n) is 5.16. The third kappa shape index (κ3) is 1.09. The fourth-order valence-electron chi connectivity index (χ4n) is 2.46. The number of fused-ring (bicyclic) bond motifs is 2. The van der Waals surface area contributed by atoms with Crippen LogP contribution in [0.5, 0.6) is 0 Å². The molecule has 3 rings (SSSR count). The lowest BCUT2D eigenvalue weighted by Gasteiger charge is -2.06. The highest BCUT2D eigenvalue weighted by molar-refractivity contribution is 6.26. The van der Waals surface area contributed by atoms with Gasteiger partial charge in [0.05, 0.1) is 12.0 Å². The highest BCUT2D eigenvalue weighted by atomic mass is 16.5. The normalized spacial score (nSPS) is 17.2. The van der Waals surface area contributed by atoms with Crippen molar-refractivity contribution in [2.24, 2.45) is 0 Å². The molecule has 0 unspecified atom stereocenters. The molecule has 84 valence electrons. The van der Waals surface area contributed by atoms with Crippen LogP contribution in [0.3, 0.4) is 0 Å². The van der Waals surface area contributed by atoms with E-state index in [4.69, 9.17) is 4.74 Å². The summed E-state index contributed by atoms with van der Waals surface area (Å²) in [4.78, 5) is 34.9. The van der Waals surface area contributed by atoms with E-state index in [1.807, 2.05) is 0 Å². The molecule has 0 radical (unpaired) electrons. The minimum Gasteiger partial charge on any atom is -0.423 e. The Morgan fingerprint density at radius 3 is 2.53 bits per heavy atom. The summed E-state index contributed by atoms with van der Waals surface area (Å²) in [6.07, 6.45) is -0.111. The largest absolute Gasteiger partial charge is 0.423 e.